The first-order valence-corrected chi connectivity index (χ1v) is 11.4. The van der Waals surface area contributed by atoms with Crippen molar-refractivity contribution < 1.29 is 33.8 Å². The summed E-state index contributed by atoms with van der Waals surface area (Å²) in [6.07, 6.45) is -1.88. The molecular formula is C25H30N4O7. The van der Waals surface area contributed by atoms with Crippen molar-refractivity contribution in [1.82, 2.24) is 15.1 Å². The Balaban J connectivity index is 1.67. The lowest BCUT2D eigenvalue weighted by Gasteiger charge is -2.39. The van der Waals surface area contributed by atoms with Gasteiger partial charge >= 0.3 is 18.3 Å². The molecule has 4 amide bonds. The maximum absolute atomic E-state index is 13.4. The molecule has 36 heavy (non-hydrogen) atoms. The molecule has 1 fully saturated rings. The van der Waals surface area contributed by atoms with E-state index in [1.54, 1.807) is 32.3 Å². The molecule has 0 aliphatic carbocycles. The number of amides is 4. The first-order valence-electron chi connectivity index (χ1n) is 11.4. The van der Waals surface area contributed by atoms with Crippen molar-refractivity contribution in [2.24, 2.45) is 5.41 Å². The van der Waals surface area contributed by atoms with Crippen LogP contribution >= 0.6 is 0 Å². The molecule has 3 N–H and O–H groups in total. The second-order valence-electron chi connectivity index (χ2n) is 8.71. The predicted molar refractivity (Wildman–Crippen MR) is 131 cm³/mol. The van der Waals surface area contributed by atoms with Crippen LogP contribution in [-0.2, 0) is 16.1 Å². The van der Waals surface area contributed by atoms with E-state index in [4.69, 9.17) is 9.47 Å². The monoisotopic (exact) mass is 498 g/mol. The third-order valence-corrected chi connectivity index (χ3v) is 5.92. The number of piperidine rings is 1. The molecule has 0 radical (unpaired) electrons. The maximum Gasteiger partial charge on any atom is 0.414 e. The third-order valence-electron chi connectivity index (χ3n) is 5.92. The molecule has 0 atom stereocenters. The molecule has 3 rings (SSSR count). The van der Waals surface area contributed by atoms with Gasteiger partial charge in [-0.15, -0.1) is 0 Å². The molecule has 1 heterocycles. The Morgan fingerprint density at radius 1 is 1.03 bits per heavy atom. The summed E-state index contributed by atoms with van der Waals surface area (Å²) in [6, 6.07) is 15.6. The summed E-state index contributed by atoms with van der Waals surface area (Å²) in [5.74, 6) is -0.129. The van der Waals surface area contributed by atoms with Crippen LogP contribution in [0.1, 0.15) is 18.4 Å². The second kappa shape index (κ2) is 11.9. The fourth-order valence-corrected chi connectivity index (χ4v) is 3.72. The molecule has 0 unspecified atom stereocenters. The van der Waals surface area contributed by atoms with Crippen molar-refractivity contribution in [2.75, 3.05) is 39.0 Å². The number of alkyl carbamates (subject to hydrolysis) is 1. The van der Waals surface area contributed by atoms with Gasteiger partial charge in [-0.3, -0.25) is 4.79 Å². The van der Waals surface area contributed by atoms with Gasteiger partial charge in [-0.2, -0.15) is 0 Å². The molecule has 0 spiro atoms. The summed E-state index contributed by atoms with van der Waals surface area (Å²) in [4.78, 5) is 51.5. The molecule has 0 aromatic heterocycles. The van der Waals surface area contributed by atoms with Crippen molar-refractivity contribution in [3.63, 3.8) is 0 Å². The highest BCUT2D eigenvalue weighted by Gasteiger charge is 2.43. The number of nitrogens with zero attached hydrogens (tertiary/aromatic N) is 2. The quantitative estimate of drug-likeness (QED) is 0.532. The number of likely N-dealkylation sites (tertiary alicyclic amines) is 1. The maximum atomic E-state index is 13.4. The number of carboxylic acid groups (broad SMARTS) is 1. The molecular weight excluding hydrogens is 468 g/mol. The lowest BCUT2D eigenvalue weighted by atomic mass is 9.77. The highest BCUT2D eigenvalue weighted by atomic mass is 16.6. The number of anilines is 1. The Kier molecular flexibility index (Phi) is 8.71. The Labute approximate surface area is 209 Å². The smallest absolute Gasteiger partial charge is 0.414 e. The van der Waals surface area contributed by atoms with Gasteiger partial charge in [0.15, 0.2) is 0 Å². The van der Waals surface area contributed by atoms with Crippen LogP contribution < -0.4 is 15.4 Å². The standard InChI is InChI=1S/C25H30N4O7/c1-28(2)24(34)36-20-10-6-9-19(15-20)27-21(30)25(11-13-29(14-12-25)23(32)33)17-26-22(31)35-16-18-7-4-3-5-8-18/h3-10,15H,11-14,16-17H2,1-2H3,(H,26,31)(H,27,30)(H,32,33). The topological polar surface area (TPSA) is 138 Å². The van der Waals surface area contributed by atoms with Crippen LogP contribution in [0.25, 0.3) is 0 Å². The largest absolute Gasteiger partial charge is 0.465 e. The van der Waals surface area contributed by atoms with Gasteiger partial charge in [0.05, 0.1) is 5.41 Å². The van der Waals surface area contributed by atoms with E-state index in [1.807, 2.05) is 30.3 Å². The number of benzene rings is 2. The van der Waals surface area contributed by atoms with Gasteiger partial charge in [-0.05, 0) is 30.5 Å². The molecule has 0 saturated carbocycles. The van der Waals surface area contributed by atoms with E-state index in [-0.39, 0.29) is 50.7 Å². The third kappa shape index (κ3) is 7.11. The van der Waals surface area contributed by atoms with Crippen molar-refractivity contribution in [3.8, 4) is 5.75 Å². The van der Waals surface area contributed by atoms with Crippen molar-refractivity contribution >= 4 is 29.9 Å². The number of hydrogen-bond acceptors (Lipinski definition) is 6. The van der Waals surface area contributed by atoms with E-state index in [0.717, 1.165) is 5.56 Å². The minimum Gasteiger partial charge on any atom is -0.465 e. The predicted octanol–water partition coefficient (Wildman–Crippen LogP) is 3.37. The number of carbonyl (C=O) groups excluding carboxylic acids is 3. The number of nitrogens with one attached hydrogen (secondary N) is 2. The van der Waals surface area contributed by atoms with Gasteiger partial charge in [0.2, 0.25) is 5.91 Å². The molecule has 2 aromatic carbocycles. The molecule has 11 heteroatoms. The van der Waals surface area contributed by atoms with Crippen LogP contribution in [0.4, 0.5) is 20.1 Å². The number of hydrogen-bond donors (Lipinski definition) is 3. The zero-order chi connectivity index (χ0) is 26.1. The van der Waals surface area contributed by atoms with E-state index in [9.17, 15) is 24.3 Å². The van der Waals surface area contributed by atoms with Gasteiger partial charge in [-0.25, -0.2) is 14.4 Å². The van der Waals surface area contributed by atoms with E-state index in [2.05, 4.69) is 10.6 Å². The number of rotatable bonds is 7. The van der Waals surface area contributed by atoms with E-state index < -0.39 is 23.7 Å². The minimum absolute atomic E-state index is 0.0325. The minimum atomic E-state index is -1.06. The Morgan fingerprint density at radius 3 is 2.36 bits per heavy atom. The van der Waals surface area contributed by atoms with E-state index in [1.165, 1.54) is 15.9 Å². The van der Waals surface area contributed by atoms with Crippen LogP contribution in [0.5, 0.6) is 5.75 Å². The highest BCUT2D eigenvalue weighted by molar-refractivity contribution is 5.96. The lowest BCUT2D eigenvalue weighted by molar-refractivity contribution is -0.127. The average Bonchev–Trinajstić information content (AvgIpc) is 2.87. The Bertz CT molecular complexity index is 1080. The second-order valence-corrected chi connectivity index (χ2v) is 8.71. The number of carbonyl (C=O) groups is 4. The first kappa shape index (κ1) is 26.3. The fourth-order valence-electron chi connectivity index (χ4n) is 3.72. The molecule has 11 nitrogen and oxygen atoms in total. The van der Waals surface area contributed by atoms with E-state index >= 15 is 0 Å². The summed E-state index contributed by atoms with van der Waals surface area (Å²) in [5.41, 5.74) is 0.161. The SMILES string of the molecule is CN(C)C(=O)Oc1cccc(NC(=O)C2(CNC(=O)OCc3ccccc3)CCN(C(=O)O)CC2)c1. The zero-order valence-electron chi connectivity index (χ0n) is 20.2. The Morgan fingerprint density at radius 2 is 1.72 bits per heavy atom. The van der Waals surface area contributed by atoms with Crippen LogP contribution in [-0.4, -0.2) is 72.8 Å². The van der Waals surface area contributed by atoms with Crippen LogP contribution in [0.15, 0.2) is 54.6 Å². The highest BCUT2D eigenvalue weighted by Crippen LogP contribution is 2.33. The van der Waals surface area contributed by atoms with Gasteiger partial charge in [0, 0.05) is 45.5 Å². The van der Waals surface area contributed by atoms with Gasteiger partial charge < -0.3 is 35.0 Å². The van der Waals surface area contributed by atoms with Crippen LogP contribution in [0.2, 0.25) is 0 Å². The first-order chi connectivity index (χ1) is 17.2. The van der Waals surface area contributed by atoms with Crippen LogP contribution in [0, 0.1) is 5.41 Å². The summed E-state index contributed by atoms with van der Waals surface area (Å²) in [7, 11) is 3.11. The molecule has 1 aliphatic heterocycles. The molecule has 192 valence electrons. The van der Waals surface area contributed by atoms with Crippen molar-refractivity contribution in [3.05, 3.63) is 60.2 Å². The number of ether oxygens (including phenoxy) is 2. The van der Waals surface area contributed by atoms with Crippen molar-refractivity contribution in [2.45, 2.75) is 19.4 Å². The summed E-state index contributed by atoms with van der Waals surface area (Å²) in [5, 5.41) is 14.8. The van der Waals surface area contributed by atoms with Crippen molar-refractivity contribution in [1.29, 1.82) is 0 Å². The summed E-state index contributed by atoms with van der Waals surface area (Å²) < 4.78 is 10.5. The van der Waals surface area contributed by atoms with Gasteiger partial charge in [0.1, 0.15) is 12.4 Å². The molecule has 2 aromatic rings. The Hall–Kier alpha value is -4.28. The zero-order valence-corrected chi connectivity index (χ0v) is 20.2. The average molecular weight is 499 g/mol. The molecule has 1 saturated heterocycles. The van der Waals surface area contributed by atoms with Gasteiger partial charge in [0.25, 0.3) is 0 Å². The summed E-state index contributed by atoms with van der Waals surface area (Å²) in [6.45, 7) is 0.334. The normalized spacial score (nSPS) is 14.3. The van der Waals surface area contributed by atoms with Crippen LogP contribution in [0.3, 0.4) is 0 Å². The van der Waals surface area contributed by atoms with Gasteiger partial charge in [-0.1, -0.05) is 36.4 Å². The van der Waals surface area contributed by atoms with E-state index in [0.29, 0.717) is 5.69 Å². The molecule has 1 aliphatic rings. The fraction of sp³-hybridized carbons (Fsp3) is 0.360. The molecule has 0 bridgehead atoms. The summed E-state index contributed by atoms with van der Waals surface area (Å²) >= 11 is 0. The lowest BCUT2D eigenvalue weighted by Crippen LogP contribution is -2.53.